The largest absolute Gasteiger partial charge is 0.347 e. The quantitative estimate of drug-likeness (QED) is 0.907. The molecule has 1 unspecified atom stereocenters. The molecule has 0 amide bonds. The van der Waals surface area contributed by atoms with Gasteiger partial charge in [0.2, 0.25) is 11.9 Å². The second-order valence-corrected chi connectivity index (χ2v) is 7.46. The first-order valence-electron chi connectivity index (χ1n) is 8.06. The van der Waals surface area contributed by atoms with Gasteiger partial charge in [0.15, 0.2) is 0 Å². The van der Waals surface area contributed by atoms with E-state index in [4.69, 9.17) is 0 Å². The summed E-state index contributed by atoms with van der Waals surface area (Å²) in [5.74, 6) is 2.84. The number of nitrogens with one attached hydrogen (secondary N) is 1. The van der Waals surface area contributed by atoms with Crippen molar-refractivity contribution < 1.29 is 4.39 Å². The molecule has 1 aromatic heterocycles. The van der Waals surface area contributed by atoms with Gasteiger partial charge in [-0.2, -0.15) is 15.0 Å². The molecule has 1 aromatic carbocycles. The topological polar surface area (TPSA) is 53.9 Å². The maximum absolute atomic E-state index is 14.0. The van der Waals surface area contributed by atoms with Crippen molar-refractivity contribution in [1.29, 1.82) is 0 Å². The van der Waals surface area contributed by atoms with E-state index in [0.29, 0.717) is 11.9 Å². The summed E-state index contributed by atoms with van der Waals surface area (Å²) in [4.78, 5) is 16.1. The van der Waals surface area contributed by atoms with Crippen LogP contribution in [-0.2, 0) is 0 Å². The number of anilines is 2. The van der Waals surface area contributed by atoms with Crippen LogP contribution in [0, 0.1) is 5.82 Å². The molecule has 2 aromatic rings. The van der Waals surface area contributed by atoms with E-state index in [2.05, 4.69) is 34.1 Å². The summed E-state index contributed by atoms with van der Waals surface area (Å²) in [6, 6.07) is 5.25. The molecule has 0 radical (unpaired) electrons. The van der Waals surface area contributed by atoms with Gasteiger partial charge >= 0.3 is 0 Å². The zero-order chi connectivity index (χ0) is 17.3. The Morgan fingerprint density at radius 3 is 2.75 bits per heavy atom. The van der Waals surface area contributed by atoms with Crippen LogP contribution in [0.2, 0.25) is 0 Å². The molecule has 3 rings (SSSR count). The second kappa shape index (κ2) is 6.93. The van der Waals surface area contributed by atoms with E-state index in [1.165, 1.54) is 6.07 Å². The average molecular weight is 347 g/mol. The van der Waals surface area contributed by atoms with Crippen molar-refractivity contribution in [1.82, 2.24) is 15.0 Å². The summed E-state index contributed by atoms with van der Waals surface area (Å²) in [5, 5.41) is 3.39. The normalized spacial score (nSPS) is 16.8. The lowest BCUT2D eigenvalue weighted by molar-refractivity contribution is 0.584. The maximum Gasteiger partial charge on any atom is 0.229 e. The van der Waals surface area contributed by atoms with Crippen LogP contribution in [0.25, 0.3) is 0 Å². The van der Waals surface area contributed by atoms with Gasteiger partial charge in [0.05, 0.1) is 6.04 Å². The highest BCUT2D eigenvalue weighted by atomic mass is 32.2. The lowest BCUT2D eigenvalue weighted by atomic mass is 10.0. The molecule has 0 bridgehead atoms. The zero-order valence-corrected chi connectivity index (χ0v) is 15.2. The van der Waals surface area contributed by atoms with Crippen LogP contribution in [-0.4, -0.2) is 34.8 Å². The molecule has 0 aliphatic carbocycles. The minimum atomic E-state index is -0.156. The van der Waals surface area contributed by atoms with Crippen LogP contribution in [0.3, 0.4) is 0 Å². The Hall–Kier alpha value is -1.89. The number of hydrogen-bond donors (Lipinski definition) is 1. The summed E-state index contributed by atoms with van der Waals surface area (Å²) in [6.07, 6.45) is 0.904. The minimum absolute atomic E-state index is 0.00868. The van der Waals surface area contributed by atoms with Crippen molar-refractivity contribution in [2.45, 2.75) is 37.1 Å². The Morgan fingerprint density at radius 1 is 1.25 bits per heavy atom. The molecular weight excluding hydrogens is 325 g/mol. The van der Waals surface area contributed by atoms with E-state index >= 15 is 0 Å². The maximum atomic E-state index is 14.0. The number of aromatic nitrogens is 3. The summed E-state index contributed by atoms with van der Waals surface area (Å²) in [7, 11) is 3.82. The molecule has 5 nitrogen and oxygen atoms in total. The fourth-order valence-corrected chi connectivity index (χ4v) is 3.74. The predicted molar refractivity (Wildman–Crippen MR) is 96.3 cm³/mol. The molecular formula is C17H22FN5S. The van der Waals surface area contributed by atoms with Gasteiger partial charge in [-0.25, -0.2) is 4.39 Å². The molecule has 1 atom stereocenters. The van der Waals surface area contributed by atoms with E-state index in [1.54, 1.807) is 17.8 Å². The van der Waals surface area contributed by atoms with Crippen LogP contribution in [0.5, 0.6) is 0 Å². The first-order valence-corrected chi connectivity index (χ1v) is 9.05. The molecule has 2 heterocycles. The van der Waals surface area contributed by atoms with Gasteiger partial charge in [-0.05, 0) is 18.1 Å². The van der Waals surface area contributed by atoms with E-state index in [-0.39, 0.29) is 17.8 Å². The van der Waals surface area contributed by atoms with Crippen molar-refractivity contribution in [3.05, 3.63) is 35.4 Å². The van der Waals surface area contributed by atoms with Gasteiger partial charge in [0.25, 0.3) is 0 Å². The molecule has 7 heteroatoms. The van der Waals surface area contributed by atoms with Gasteiger partial charge in [-0.3, -0.25) is 0 Å². The Bertz CT molecular complexity index is 709. The van der Waals surface area contributed by atoms with Crippen molar-refractivity contribution in [2.24, 2.45) is 0 Å². The van der Waals surface area contributed by atoms with Gasteiger partial charge in [0.1, 0.15) is 11.6 Å². The Morgan fingerprint density at radius 2 is 2.04 bits per heavy atom. The third kappa shape index (κ3) is 3.45. The van der Waals surface area contributed by atoms with Crippen LogP contribution in [0.4, 0.5) is 16.3 Å². The first kappa shape index (κ1) is 17.0. The van der Waals surface area contributed by atoms with Crippen LogP contribution in [0.15, 0.2) is 23.1 Å². The van der Waals surface area contributed by atoms with Crippen molar-refractivity contribution >= 4 is 23.7 Å². The molecule has 0 fully saturated rings. The smallest absolute Gasteiger partial charge is 0.229 e. The fraction of sp³-hybridized carbons (Fsp3) is 0.471. The van der Waals surface area contributed by atoms with E-state index in [0.717, 1.165) is 28.5 Å². The van der Waals surface area contributed by atoms with Crippen molar-refractivity contribution in [3.8, 4) is 0 Å². The Labute approximate surface area is 146 Å². The third-order valence-corrected chi connectivity index (χ3v) is 5.05. The Kier molecular flexibility index (Phi) is 4.89. The number of thioether (sulfide) groups is 1. The standard InChI is InChI=1S/C17H22FN5S/c1-10(2)15-20-16(22-17(21-15)23(3)4)19-13-8-9-24-14-11(13)6-5-7-12(14)18/h5-7,10,13H,8-9H2,1-4H3,(H,19,20,21,22). The predicted octanol–water partition coefficient (Wildman–Crippen LogP) is 3.85. The van der Waals surface area contributed by atoms with E-state index in [1.807, 2.05) is 25.1 Å². The van der Waals surface area contributed by atoms with Crippen LogP contribution < -0.4 is 10.2 Å². The second-order valence-electron chi connectivity index (χ2n) is 6.36. The van der Waals surface area contributed by atoms with Crippen LogP contribution >= 0.6 is 11.8 Å². The lowest BCUT2D eigenvalue weighted by Crippen LogP contribution is -2.21. The van der Waals surface area contributed by atoms with Gasteiger partial charge in [-0.15, -0.1) is 11.8 Å². The highest BCUT2D eigenvalue weighted by molar-refractivity contribution is 7.99. The van der Waals surface area contributed by atoms with Gasteiger partial charge in [-0.1, -0.05) is 26.0 Å². The molecule has 1 aliphatic rings. The number of rotatable bonds is 4. The molecule has 1 N–H and O–H groups in total. The summed E-state index contributed by atoms with van der Waals surface area (Å²) >= 11 is 1.57. The molecule has 24 heavy (non-hydrogen) atoms. The zero-order valence-electron chi connectivity index (χ0n) is 14.4. The van der Waals surface area contributed by atoms with Crippen molar-refractivity contribution in [3.63, 3.8) is 0 Å². The molecule has 0 spiro atoms. The van der Waals surface area contributed by atoms with Crippen LogP contribution in [0.1, 0.15) is 43.6 Å². The lowest BCUT2D eigenvalue weighted by Gasteiger charge is -2.26. The number of hydrogen-bond acceptors (Lipinski definition) is 6. The molecule has 0 saturated heterocycles. The highest BCUT2D eigenvalue weighted by Crippen LogP contribution is 2.39. The summed E-state index contributed by atoms with van der Waals surface area (Å²) < 4.78 is 14.0. The summed E-state index contributed by atoms with van der Waals surface area (Å²) in [6.45, 7) is 4.11. The highest BCUT2D eigenvalue weighted by Gasteiger charge is 2.24. The number of benzene rings is 1. The SMILES string of the molecule is CC(C)c1nc(NC2CCSc3c(F)cccc32)nc(N(C)C)n1. The first-order chi connectivity index (χ1) is 11.5. The summed E-state index contributed by atoms with van der Waals surface area (Å²) in [5.41, 5.74) is 0.976. The molecule has 1 aliphatic heterocycles. The average Bonchev–Trinajstić information content (AvgIpc) is 2.55. The minimum Gasteiger partial charge on any atom is -0.347 e. The number of fused-ring (bicyclic) bond motifs is 1. The van der Waals surface area contributed by atoms with E-state index < -0.39 is 0 Å². The molecule has 0 saturated carbocycles. The van der Waals surface area contributed by atoms with Crippen molar-refractivity contribution in [2.75, 3.05) is 30.1 Å². The molecule has 128 valence electrons. The van der Waals surface area contributed by atoms with E-state index in [9.17, 15) is 4.39 Å². The number of halogens is 1. The Balaban J connectivity index is 1.94. The third-order valence-electron chi connectivity index (χ3n) is 3.89. The number of nitrogens with zero attached hydrogens (tertiary/aromatic N) is 4. The van der Waals surface area contributed by atoms with Gasteiger partial charge in [0, 0.05) is 30.7 Å². The monoisotopic (exact) mass is 347 g/mol. The van der Waals surface area contributed by atoms with Gasteiger partial charge < -0.3 is 10.2 Å². The fourth-order valence-electron chi connectivity index (χ4n) is 2.60.